The summed E-state index contributed by atoms with van der Waals surface area (Å²) in [5.74, 6) is -0.749. The van der Waals surface area contributed by atoms with Crippen molar-refractivity contribution >= 4 is 23.1 Å². The van der Waals surface area contributed by atoms with Crippen LogP contribution in [0.4, 0.5) is 0 Å². The van der Waals surface area contributed by atoms with Gasteiger partial charge in [-0.15, -0.1) is 10.1 Å². The quantitative estimate of drug-likeness (QED) is 0.689. The second-order valence-electron chi connectivity index (χ2n) is 7.17. The molecule has 10 nitrogen and oxygen atoms in total. The van der Waals surface area contributed by atoms with Gasteiger partial charge in [0.05, 0.1) is 13.1 Å². The van der Waals surface area contributed by atoms with Crippen molar-refractivity contribution in [2.75, 3.05) is 26.2 Å². The summed E-state index contributed by atoms with van der Waals surface area (Å²) in [4.78, 5) is 34.9. The van der Waals surface area contributed by atoms with Crippen molar-refractivity contribution < 1.29 is 28.3 Å². The summed E-state index contributed by atoms with van der Waals surface area (Å²) in [6.07, 6.45) is 5.32. The Morgan fingerprint density at radius 3 is 1.63 bits per heavy atom. The van der Waals surface area contributed by atoms with E-state index in [-0.39, 0.29) is 0 Å². The Bertz CT molecular complexity index is 924. The van der Waals surface area contributed by atoms with Gasteiger partial charge in [0.25, 0.3) is 0 Å². The molecule has 30 heavy (non-hydrogen) atoms. The van der Waals surface area contributed by atoms with Crippen LogP contribution in [0, 0.1) is 13.8 Å². The van der Waals surface area contributed by atoms with E-state index < -0.39 is 11.9 Å². The number of hydrogen-bond donors (Lipinski definition) is 0. The van der Waals surface area contributed by atoms with Crippen LogP contribution in [0.1, 0.15) is 35.7 Å². The third-order valence-electron chi connectivity index (χ3n) is 4.74. The standard InChI is InChI=1S/C20H22N4O6/c1-13-9-17(21-27-13)15-5-3-7-23(11-15)29-19(25)20(26)30-24-8-4-6-16(12-24)18-10-14(2)28-22-18/h5-6,9-10H,3-4,7-8,11-12H2,1-2H3. The molecule has 0 spiro atoms. The predicted octanol–water partition coefficient (Wildman–Crippen LogP) is 2.07. The number of hydroxylamine groups is 4. The Balaban J connectivity index is 1.29. The third-order valence-corrected chi connectivity index (χ3v) is 4.74. The average Bonchev–Trinajstić information content (AvgIpc) is 3.37. The second-order valence-corrected chi connectivity index (χ2v) is 7.17. The fraction of sp³-hybridized carbons (Fsp3) is 0.400. The van der Waals surface area contributed by atoms with Gasteiger partial charge in [0.2, 0.25) is 0 Å². The van der Waals surface area contributed by atoms with Gasteiger partial charge in [-0.3, -0.25) is 0 Å². The summed E-state index contributed by atoms with van der Waals surface area (Å²) in [6.45, 7) is 5.18. The fourth-order valence-corrected chi connectivity index (χ4v) is 3.30. The largest absolute Gasteiger partial charge is 0.438 e. The Morgan fingerprint density at radius 2 is 1.27 bits per heavy atom. The molecule has 158 valence electrons. The lowest BCUT2D eigenvalue weighted by Gasteiger charge is -2.26. The number of carbonyl (C=O) groups is 2. The highest BCUT2D eigenvalue weighted by Gasteiger charge is 2.28. The number of rotatable bonds is 4. The molecule has 0 aromatic carbocycles. The number of nitrogens with zero attached hydrogens (tertiary/aromatic N) is 4. The second kappa shape index (κ2) is 8.64. The molecule has 0 N–H and O–H groups in total. The van der Waals surface area contributed by atoms with Crippen LogP contribution >= 0.6 is 0 Å². The third kappa shape index (κ3) is 4.66. The molecule has 0 unspecified atom stereocenters. The van der Waals surface area contributed by atoms with Gasteiger partial charge < -0.3 is 18.7 Å². The van der Waals surface area contributed by atoms with Gasteiger partial charge in [0.1, 0.15) is 22.9 Å². The summed E-state index contributed by atoms with van der Waals surface area (Å²) in [5.41, 5.74) is 3.11. The molecule has 0 bridgehead atoms. The molecule has 0 aliphatic carbocycles. The summed E-state index contributed by atoms with van der Waals surface area (Å²) in [6, 6.07) is 3.62. The van der Waals surface area contributed by atoms with Crippen LogP contribution in [0.15, 0.2) is 33.3 Å². The van der Waals surface area contributed by atoms with E-state index in [9.17, 15) is 9.59 Å². The van der Waals surface area contributed by atoms with E-state index >= 15 is 0 Å². The average molecular weight is 414 g/mol. The van der Waals surface area contributed by atoms with Crippen LogP contribution in [-0.4, -0.2) is 58.6 Å². The van der Waals surface area contributed by atoms with E-state index in [1.54, 1.807) is 13.8 Å². The lowest BCUT2D eigenvalue weighted by molar-refractivity contribution is -0.215. The summed E-state index contributed by atoms with van der Waals surface area (Å²) in [7, 11) is 0. The zero-order valence-corrected chi connectivity index (χ0v) is 16.8. The normalized spacial score (nSPS) is 17.9. The zero-order chi connectivity index (χ0) is 21.1. The molecule has 2 aliphatic rings. The Hall–Kier alpha value is -3.24. The number of hydrogen-bond acceptors (Lipinski definition) is 10. The predicted molar refractivity (Wildman–Crippen MR) is 103 cm³/mol. The molecule has 2 aromatic heterocycles. The van der Waals surface area contributed by atoms with Gasteiger partial charge >= 0.3 is 11.9 Å². The summed E-state index contributed by atoms with van der Waals surface area (Å²) < 4.78 is 10.2. The number of aryl methyl sites for hydroxylation is 2. The fourth-order valence-electron chi connectivity index (χ4n) is 3.30. The van der Waals surface area contributed by atoms with E-state index in [0.717, 1.165) is 11.1 Å². The van der Waals surface area contributed by atoms with Crippen LogP contribution in [0.2, 0.25) is 0 Å². The minimum Gasteiger partial charge on any atom is -0.361 e. The molecule has 2 aliphatic heterocycles. The smallest absolute Gasteiger partial charge is 0.361 e. The van der Waals surface area contributed by atoms with Crippen molar-refractivity contribution in [3.63, 3.8) is 0 Å². The molecule has 0 amide bonds. The van der Waals surface area contributed by atoms with Crippen LogP contribution in [0.3, 0.4) is 0 Å². The van der Waals surface area contributed by atoms with Crippen molar-refractivity contribution in [1.82, 2.24) is 20.4 Å². The first kappa shape index (κ1) is 20.0. The van der Waals surface area contributed by atoms with E-state index in [1.165, 1.54) is 10.1 Å². The van der Waals surface area contributed by atoms with Crippen LogP contribution in [0.25, 0.3) is 11.1 Å². The first-order valence-electron chi connectivity index (χ1n) is 9.67. The van der Waals surface area contributed by atoms with Gasteiger partial charge in [-0.25, -0.2) is 9.59 Å². The van der Waals surface area contributed by atoms with Crippen molar-refractivity contribution in [2.24, 2.45) is 0 Å². The topological polar surface area (TPSA) is 111 Å². The van der Waals surface area contributed by atoms with Crippen LogP contribution in [-0.2, 0) is 19.3 Å². The monoisotopic (exact) mass is 414 g/mol. The molecule has 0 atom stereocenters. The molecule has 4 rings (SSSR count). The molecule has 0 radical (unpaired) electrons. The highest BCUT2D eigenvalue weighted by Crippen LogP contribution is 2.22. The van der Waals surface area contributed by atoms with Gasteiger partial charge in [0.15, 0.2) is 0 Å². The lowest BCUT2D eigenvalue weighted by Crippen LogP contribution is -2.39. The van der Waals surface area contributed by atoms with Gasteiger partial charge in [-0.1, -0.05) is 22.5 Å². The molecule has 2 aromatic rings. The lowest BCUT2D eigenvalue weighted by atomic mass is 10.1. The first-order valence-corrected chi connectivity index (χ1v) is 9.67. The van der Waals surface area contributed by atoms with Gasteiger partial charge in [0, 0.05) is 25.2 Å². The van der Waals surface area contributed by atoms with Crippen molar-refractivity contribution in [1.29, 1.82) is 0 Å². The van der Waals surface area contributed by atoms with Crippen molar-refractivity contribution in [2.45, 2.75) is 26.7 Å². The maximum atomic E-state index is 12.2. The minimum absolute atomic E-state index is 0.313. The molecule has 0 saturated carbocycles. The minimum atomic E-state index is -1.07. The Kier molecular flexibility index (Phi) is 5.77. The first-order chi connectivity index (χ1) is 14.5. The summed E-state index contributed by atoms with van der Waals surface area (Å²) >= 11 is 0. The maximum absolute atomic E-state index is 12.2. The maximum Gasteiger partial charge on any atom is 0.438 e. The highest BCUT2D eigenvalue weighted by atomic mass is 16.8. The SMILES string of the molecule is Cc1cc(C2=CCCN(OC(=O)C(=O)ON3CCC=C(c4cc(C)on4)C3)C2)no1. The molecule has 10 heteroatoms. The van der Waals surface area contributed by atoms with E-state index in [0.29, 0.717) is 61.9 Å². The van der Waals surface area contributed by atoms with E-state index in [4.69, 9.17) is 18.7 Å². The van der Waals surface area contributed by atoms with Crippen molar-refractivity contribution in [3.8, 4) is 0 Å². The molecular formula is C20H22N4O6. The molecule has 0 saturated heterocycles. The Labute approximate surface area is 172 Å². The van der Waals surface area contributed by atoms with E-state index in [1.807, 2.05) is 24.3 Å². The van der Waals surface area contributed by atoms with Crippen LogP contribution < -0.4 is 0 Å². The highest BCUT2D eigenvalue weighted by molar-refractivity contribution is 6.29. The zero-order valence-electron chi connectivity index (χ0n) is 16.8. The van der Waals surface area contributed by atoms with Crippen molar-refractivity contribution in [3.05, 3.63) is 47.2 Å². The molecular weight excluding hydrogens is 392 g/mol. The summed E-state index contributed by atoms with van der Waals surface area (Å²) in [5, 5.41) is 10.8. The van der Waals surface area contributed by atoms with Crippen LogP contribution in [0.5, 0.6) is 0 Å². The number of aromatic nitrogens is 2. The van der Waals surface area contributed by atoms with Gasteiger partial charge in [-0.05, 0) is 37.8 Å². The molecule has 4 heterocycles. The molecule has 0 fully saturated rings. The van der Waals surface area contributed by atoms with E-state index in [2.05, 4.69) is 10.3 Å². The number of carbonyl (C=O) groups excluding carboxylic acids is 2. The van der Waals surface area contributed by atoms with Gasteiger partial charge in [-0.2, -0.15) is 0 Å². The Morgan fingerprint density at radius 1 is 0.833 bits per heavy atom.